The van der Waals surface area contributed by atoms with E-state index >= 15 is 0 Å². The molecule has 6 heteroatoms. The molecule has 25 heavy (non-hydrogen) atoms. The Labute approximate surface area is 145 Å². The molecule has 0 saturated carbocycles. The maximum absolute atomic E-state index is 13.3. The van der Waals surface area contributed by atoms with Crippen LogP contribution in [0.2, 0.25) is 0 Å². The van der Waals surface area contributed by atoms with Crippen molar-refractivity contribution in [1.29, 1.82) is 0 Å². The fourth-order valence-corrected chi connectivity index (χ4v) is 3.91. The van der Waals surface area contributed by atoms with Gasteiger partial charge in [0.2, 0.25) is 5.91 Å². The Morgan fingerprint density at radius 3 is 2.44 bits per heavy atom. The molecular weight excluding hydrogens is 321 g/mol. The minimum absolute atomic E-state index is 0.0407. The number of aromatic nitrogens is 1. The lowest BCUT2D eigenvalue weighted by Gasteiger charge is -2.33. The Bertz CT molecular complexity index is 802. The number of H-pyrrole nitrogens is 1. The SMILES string of the molecule is O=C(c1cc2cc(F)ccc2[nH]1)N1CCC(C(=O)N2CCCC2)CC1. The van der Waals surface area contributed by atoms with Gasteiger partial charge in [-0.1, -0.05) is 0 Å². The zero-order valence-electron chi connectivity index (χ0n) is 14.1. The molecule has 0 radical (unpaired) electrons. The molecule has 3 heterocycles. The monoisotopic (exact) mass is 343 g/mol. The van der Waals surface area contributed by atoms with E-state index in [0.29, 0.717) is 24.2 Å². The van der Waals surface area contributed by atoms with Crippen LogP contribution in [0.25, 0.3) is 10.9 Å². The quantitative estimate of drug-likeness (QED) is 0.912. The predicted octanol–water partition coefficient (Wildman–Crippen LogP) is 2.78. The van der Waals surface area contributed by atoms with Crippen molar-refractivity contribution in [3.05, 3.63) is 35.8 Å². The highest BCUT2D eigenvalue weighted by Gasteiger charge is 2.31. The molecule has 2 aliphatic rings. The van der Waals surface area contributed by atoms with Crippen LogP contribution in [0.3, 0.4) is 0 Å². The summed E-state index contributed by atoms with van der Waals surface area (Å²) >= 11 is 0. The van der Waals surface area contributed by atoms with E-state index in [1.807, 2.05) is 4.90 Å². The summed E-state index contributed by atoms with van der Waals surface area (Å²) in [5.74, 6) is -0.0972. The summed E-state index contributed by atoms with van der Waals surface area (Å²) in [5, 5.41) is 0.697. The van der Waals surface area contributed by atoms with Gasteiger partial charge in [-0.25, -0.2) is 4.39 Å². The summed E-state index contributed by atoms with van der Waals surface area (Å²) in [5.41, 5.74) is 1.23. The topological polar surface area (TPSA) is 56.4 Å². The van der Waals surface area contributed by atoms with Crippen LogP contribution in [-0.4, -0.2) is 52.8 Å². The molecule has 2 fully saturated rings. The third kappa shape index (κ3) is 3.13. The van der Waals surface area contributed by atoms with Gasteiger partial charge in [0.15, 0.2) is 0 Å². The lowest BCUT2D eigenvalue weighted by atomic mass is 9.95. The highest BCUT2D eigenvalue weighted by molar-refractivity contribution is 5.98. The number of benzene rings is 1. The molecule has 0 aliphatic carbocycles. The van der Waals surface area contributed by atoms with Crippen molar-refractivity contribution in [3.8, 4) is 0 Å². The van der Waals surface area contributed by atoms with Crippen LogP contribution in [0.1, 0.15) is 36.2 Å². The Balaban J connectivity index is 1.41. The smallest absolute Gasteiger partial charge is 0.270 e. The molecule has 0 spiro atoms. The number of fused-ring (bicyclic) bond motifs is 1. The van der Waals surface area contributed by atoms with Crippen molar-refractivity contribution in [3.63, 3.8) is 0 Å². The second-order valence-corrected chi connectivity index (χ2v) is 7.01. The fraction of sp³-hybridized carbons (Fsp3) is 0.474. The molecule has 2 amide bonds. The summed E-state index contributed by atoms with van der Waals surface area (Å²) in [6, 6.07) is 6.14. The van der Waals surface area contributed by atoms with Crippen molar-refractivity contribution in [2.45, 2.75) is 25.7 Å². The summed E-state index contributed by atoms with van der Waals surface area (Å²) < 4.78 is 13.3. The number of amides is 2. The first-order chi connectivity index (χ1) is 12.1. The van der Waals surface area contributed by atoms with Crippen molar-refractivity contribution in [1.82, 2.24) is 14.8 Å². The van der Waals surface area contributed by atoms with Gasteiger partial charge in [0.25, 0.3) is 5.91 Å². The highest BCUT2D eigenvalue weighted by atomic mass is 19.1. The van der Waals surface area contributed by atoms with E-state index in [2.05, 4.69) is 4.98 Å². The van der Waals surface area contributed by atoms with Crippen molar-refractivity contribution in [2.75, 3.05) is 26.2 Å². The zero-order chi connectivity index (χ0) is 17.4. The maximum Gasteiger partial charge on any atom is 0.270 e. The van der Waals surface area contributed by atoms with Gasteiger partial charge in [-0.15, -0.1) is 0 Å². The third-order valence-electron chi connectivity index (χ3n) is 5.36. The number of piperidine rings is 1. The number of carbonyl (C=O) groups is 2. The number of nitrogens with one attached hydrogen (secondary N) is 1. The van der Waals surface area contributed by atoms with Crippen LogP contribution in [0.5, 0.6) is 0 Å². The Kier molecular flexibility index (Phi) is 4.19. The standard InChI is InChI=1S/C19H22FN3O2/c20-15-3-4-16-14(11-15)12-17(21-16)19(25)23-9-5-13(6-10-23)18(24)22-7-1-2-8-22/h3-4,11-13,21H,1-2,5-10H2. The van der Waals surface area contributed by atoms with E-state index in [9.17, 15) is 14.0 Å². The number of nitrogens with zero attached hydrogens (tertiary/aromatic N) is 2. The summed E-state index contributed by atoms with van der Waals surface area (Å²) in [6.45, 7) is 2.94. The van der Waals surface area contributed by atoms with Crippen molar-refractivity contribution >= 4 is 22.7 Å². The Morgan fingerprint density at radius 2 is 1.72 bits per heavy atom. The first-order valence-corrected chi connectivity index (χ1v) is 8.98. The molecule has 1 aromatic carbocycles. The van der Waals surface area contributed by atoms with E-state index in [-0.39, 0.29) is 23.5 Å². The number of carbonyl (C=O) groups excluding carboxylic acids is 2. The molecule has 2 saturated heterocycles. The van der Waals surface area contributed by atoms with Crippen LogP contribution in [0, 0.1) is 11.7 Å². The second kappa shape index (κ2) is 6.50. The minimum atomic E-state index is -0.313. The molecule has 0 atom stereocenters. The van der Waals surface area contributed by atoms with Crippen LogP contribution >= 0.6 is 0 Å². The zero-order valence-corrected chi connectivity index (χ0v) is 14.1. The van der Waals surface area contributed by atoms with Crippen LogP contribution in [0.15, 0.2) is 24.3 Å². The number of hydrogen-bond donors (Lipinski definition) is 1. The summed E-state index contributed by atoms with van der Waals surface area (Å²) in [6.07, 6.45) is 3.64. The summed E-state index contributed by atoms with van der Waals surface area (Å²) in [4.78, 5) is 32.0. The molecule has 0 bridgehead atoms. The minimum Gasteiger partial charge on any atom is -0.351 e. The first-order valence-electron chi connectivity index (χ1n) is 8.98. The van der Waals surface area contributed by atoms with E-state index in [1.54, 1.807) is 17.0 Å². The van der Waals surface area contributed by atoms with Crippen LogP contribution in [0.4, 0.5) is 4.39 Å². The van der Waals surface area contributed by atoms with Crippen LogP contribution < -0.4 is 0 Å². The molecule has 5 nitrogen and oxygen atoms in total. The number of likely N-dealkylation sites (tertiary alicyclic amines) is 2. The number of rotatable bonds is 2. The molecular formula is C19H22FN3O2. The predicted molar refractivity (Wildman–Crippen MR) is 92.7 cm³/mol. The van der Waals surface area contributed by atoms with Gasteiger partial charge >= 0.3 is 0 Å². The fourth-order valence-electron chi connectivity index (χ4n) is 3.91. The number of hydrogen-bond acceptors (Lipinski definition) is 2. The molecule has 132 valence electrons. The highest BCUT2D eigenvalue weighted by Crippen LogP contribution is 2.24. The molecule has 2 aliphatic heterocycles. The maximum atomic E-state index is 13.3. The van der Waals surface area contributed by atoms with Gasteiger partial charge in [0.05, 0.1) is 0 Å². The average molecular weight is 343 g/mol. The van der Waals surface area contributed by atoms with Gasteiger partial charge in [-0.3, -0.25) is 9.59 Å². The molecule has 1 N–H and O–H groups in total. The lowest BCUT2D eigenvalue weighted by molar-refractivity contribution is -0.135. The second-order valence-electron chi connectivity index (χ2n) is 7.01. The molecule has 4 rings (SSSR count). The van der Waals surface area contributed by atoms with Gasteiger partial charge in [-0.2, -0.15) is 0 Å². The molecule has 2 aromatic rings. The van der Waals surface area contributed by atoms with E-state index in [1.165, 1.54) is 12.1 Å². The largest absolute Gasteiger partial charge is 0.351 e. The molecule has 0 unspecified atom stereocenters. The Hall–Kier alpha value is -2.37. The van der Waals surface area contributed by atoms with Gasteiger partial charge < -0.3 is 14.8 Å². The van der Waals surface area contributed by atoms with Gasteiger partial charge in [0, 0.05) is 43.0 Å². The first kappa shape index (κ1) is 16.1. The van der Waals surface area contributed by atoms with E-state index in [0.717, 1.165) is 44.3 Å². The van der Waals surface area contributed by atoms with E-state index in [4.69, 9.17) is 0 Å². The van der Waals surface area contributed by atoms with Crippen molar-refractivity contribution in [2.24, 2.45) is 5.92 Å². The Morgan fingerprint density at radius 1 is 1.00 bits per heavy atom. The summed E-state index contributed by atoms with van der Waals surface area (Å²) in [7, 11) is 0. The van der Waals surface area contributed by atoms with Gasteiger partial charge in [0.1, 0.15) is 11.5 Å². The van der Waals surface area contributed by atoms with E-state index < -0.39 is 0 Å². The molecule has 1 aromatic heterocycles. The third-order valence-corrected chi connectivity index (χ3v) is 5.36. The number of halogens is 1. The van der Waals surface area contributed by atoms with Gasteiger partial charge in [-0.05, 0) is 49.9 Å². The van der Waals surface area contributed by atoms with Crippen LogP contribution in [-0.2, 0) is 4.79 Å². The lowest BCUT2D eigenvalue weighted by Crippen LogP contribution is -2.43. The normalized spacial score (nSPS) is 18.9. The average Bonchev–Trinajstić information content (AvgIpc) is 3.30. The number of aromatic amines is 1. The van der Waals surface area contributed by atoms with Crippen molar-refractivity contribution < 1.29 is 14.0 Å².